The number of hydrogen-bond donors (Lipinski definition) is 2. The summed E-state index contributed by atoms with van der Waals surface area (Å²) in [5.41, 5.74) is 2.22. The highest BCUT2D eigenvalue weighted by Crippen LogP contribution is 2.29. The van der Waals surface area contributed by atoms with Gasteiger partial charge in [-0.15, -0.1) is 0 Å². The van der Waals surface area contributed by atoms with Crippen LogP contribution in [0.5, 0.6) is 0 Å². The van der Waals surface area contributed by atoms with Crippen LogP contribution in [-0.4, -0.2) is 29.3 Å². The summed E-state index contributed by atoms with van der Waals surface area (Å²) in [6.45, 7) is 1.24. The lowest BCUT2D eigenvalue weighted by atomic mass is 10.1. The molecule has 72 valence electrons. The van der Waals surface area contributed by atoms with Crippen molar-refractivity contribution >= 4 is 5.84 Å². The van der Waals surface area contributed by atoms with Crippen LogP contribution in [0.1, 0.15) is 13.8 Å². The molecular formula is C6H11F3N2O. The Kier molecular flexibility index (Phi) is 3.09. The number of halogens is 3. The van der Waals surface area contributed by atoms with Crippen LogP contribution < -0.4 is 5.73 Å². The molecule has 0 saturated carbocycles. The third-order valence-electron chi connectivity index (χ3n) is 1.25. The zero-order chi connectivity index (χ0) is 9.99. The van der Waals surface area contributed by atoms with E-state index in [1.165, 1.54) is 6.92 Å². The van der Waals surface area contributed by atoms with E-state index in [0.29, 0.717) is 6.92 Å². The average Bonchev–Trinajstić information content (AvgIpc) is 1.81. The molecule has 6 heteroatoms. The monoisotopic (exact) mass is 184 g/mol. The molecule has 3 nitrogen and oxygen atoms in total. The molecule has 0 fully saturated rings. The van der Waals surface area contributed by atoms with Gasteiger partial charge >= 0.3 is 6.18 Å². The molecule has 0 aromatic heterocycles. The fraction of sp³-hybridized carbons (Fsp3) is 0.833. The second kappa shape index (κ2) is 3.30. The van der Waals surface area contributed by atoms with E-state index in [4.69, 9.17) is 10.8 Å². The van der Waals surface area contributed by atoms with Crippen molar-refractivity contribution in [1.29, 1.82) is 0 Å². The molecule has 0 spiro atoms. The predicted molar refractivity (Wildman–Crippen MR) is 38.8 cm³/mol. The highest BCUT2D eigenvalue weighted by atomic mass is 19.4. The van der Waals surface area contributed by atoms with Crippen LogP contribution in [0.4, 0.5) is 13.2 Å². The number of nitrogens with zero attached hydrogens (tertiary/aromatic N) is 1. The molecule has 0 radical (unpaired) electrons. The third-order valence-corrected chi connectivity index (χ3v) is 1.25. The summed E-state index contributed by atoms with van der Waals surface area (Å²) in [6.07, 6.45) is -4.67. The number of aliphatic hydroxyl groups is 1. The quantitative estimate of drug-likeness (QED) is 0.489. The summed E-state index contributed by atoms with van der Waals surface area (Å²) in [5.74, 6) is 0.0134. The Morgan fingerprint density at radius 2 is 1.92 bits per heavy atom. The first-order valence-corrected chi connectivity index (χ1v) is 3.22. The second-order valence-corrected chi connectivity index (χ2v) is 2.73. The predicted octanol–water partition coefficient (Wildman–Crippen LogP) is 0.677. The molecule has 0 aliphatic rings. The van der Waals surface area contributed by atoms with Crippen LogP contribution in [0.15, 0.2) is 4.99 Å². The average molecular weight is 184 g/mol. The maximum atomic E-state index is 11.9. The number of amidine groups is 1. The SMILES string of the molecule is CC(N)=NCC(C)(O)C(F)(F)F. The Morgan fingerprint density at radius 3 is 2.17 bits per heavy atom. The van der Waals surface area contributed by atoms with Crippen LogP contribution in [0.2, 0.25) is 0 Å². The summed E-state index contributed by atoms with van der Waals surface area (Å²) in [6, 6.07) is 0. The lowest BCUT2D eigenvalue weighted by Gasteiger charge is -2.24. The van der Waals surface area contributed by atoms with Gasteiger partial charge in [-0.05, 0) is 13.8 Å². The normalized spacial score (nSPS) is 19.0. The second-order valence-electron chi connectivity index (χ2n) is 2.73. The number of aliphatic imine (C=N–C) groups is 1. The van der Waals surface area contributed by atoms with E-state index in [-0.39, 0.29) is 5.84 Å². The van der Waals surface area contributed by atoms with Crippen molar-refractivity contribution in [1.82, 2.24) is 0 Å². The summed E-state index contributed by atoms with van der Waals surface area (Å²) in [5, 5.41) is 8.81. The van der Waals surface area contributed by atoms with Crippen molar-refractivity contribution in [2.75, 3.05) is 6.54 Å². The van der Waals surface area contributed by atoms with Crippen LogP contribution >= 0.6 is 0 Å². The molecular weight excluding hydrogens is 173 g/mol. The van der Waals surface area contributed by atoms with E-state index >= 15 is 0 Å². The molecule has 1 unspecified atom stereocenters. The van der Waals surface area contributed by atoms with Crippen molar-refractivity contribution in [3.8, 4) is 0 Å². The van der Waals surface area contributed by atoms with Gasteiger partial charge in [-0.3, -0.25) is 4.99 Å². The highest BCUT2D eigenvalue weighted by molar-refractivity contribution is 5.77. The lowest BCUT2D eigenvalue weighted by Crippen LogP contribution is -2.45. The minimum absolute atomic E-state index is 0.0134. The van der Waals surface area contributed by atoms with Crippen LogP contribution in [0, 0.1) is 0 Å². The molecule has 0 amide bonds. The fourth-order valence-electron chi connectivity index (χ4n) is 0.368. The number of alkyl halides is 3. The molecule has 0 bridgehead atoms. The van der Waals surface area contributed by atoms with Crippen molar-refractivity contribution in [2.45, 2.75) is 25.6 Å². The van der Waals surface area contributed by atoms with E-state index < -0.39 is 18.3 Å². The molecule has 0 rings (SSSR count). The van der Waals surface area contributed by atoms with Crippen LogP contribution in [0.25, 0.3) is 0 Å². The van der Waals surface area contributed by atoms with Gasteiger partial charge < -0.3 is 10.8 Å². The van der Waals surface area contributed by atoms with E-state index in [1.807, 2.05) is 0 Å². The molecule has 3 N–H and O–H groups in total. The van der Waals surface area contributed by atoms with Gasteiger partial charge in [0, 0.05) is 0 Å². The molecule has 0 aromatic rings. The van der Waals surface area contributed by atoms with Gasteiger partial charge in [-0.1, -0.05) is 0 Å². The van der Waals surface area contributed by atoms with Crippen molar-refractivity contribution in [2.24, 2.45) is 10.7 Å². The minimum Gasteiger partial charge on any atom is -0.388 e. The van der Waals surface area contributed by atoms with Gasteiger partial charge in [0.15, 0.2) is 5.60 Å². The van der Waals surface area contributed by atoms with Gasteiger partial charge in [0.1, 0.15) is 0 Å². The molecule has 1 atom stereocenters. The van der Waals surface area contributed by atoms with Gasteiger partial charge in [0.25, 0.3) is 0 Å². The standard InChI is InChI=1S/C6H11F3N2O/c1-4(10)11-3-5(2,12)6(7,8)9/h12H,3H2,1-2H3,(H2,10,11). The Labute approximate surface area is 68.1 Å². The van der Waals surface area contributed by atoms with Gasteiger partial charge in [-0.2, -0.15) is 13.2 Å². The number of nitrogens with two attached hydrogens (primary N) is 1. The first-order valence-electron chi connectivity index (χ1n) is 3.22. The topological polar surface area (TPSA) is 58.6 Å². The van der Waals surface area contributed by atoms with E-state index in [1.54, 1.807) is 0 Å². The van der Waals surface area contributed by atoms with Crippen molar-refractivity contribution in [3.63, 3.8) is 0 Å². The smallest absolute Gasteiger partial charge is 0.388 e. The van der Waals surface area contributed by atoms with Crippen LogP contribution in [0.3, 0.4) is 0 Å². The molecule has 0 saturated heterocycles. The van der Waals surface area contributed by atoms with Gasteiger partial charge in [0.05, 0.1) is 12.4 Å². The molecule has 0 heterocycles. The minimum atomic E-state index is -4.67. The van der Waals surface area contributed by atoms with Gasteiger partial charge in [-0.25, -0.2) is 0 Å². The fourth-order valence-corrected chi connectivity index (χ4v) is 0.368. The third kappa shape index (κ3) is 3.08. The first kappa shape index (κ1) is 11.2. The molecule has 0 aromatic carbocycles. The maximum Gasteiger partial charge on any atom is 0.418 e. The van der Waals surface area contributed by atoms with E-state index in [9.17, 15) is 13.2 Å². The Hall–Kier alpha value is -0.780. The first-order chi connectivity index (χ1) is 5.17. The summed E-state index contributed by atoms with van der Waals surface area (Å²) < 4.78 is 35.8. The van der Waals surface area contributed by atoms with E-state index in [2.05, 4.69) is 4.99 Å². The number of rotatable bonds is 2. The maximum absolute atomic E-state index is 11.9. The molecule has 0 aliphatic heterocycles. The Morgan fingerprint density at radius 1 is 1.50 bits per heavy atom. The zero-order valence-corrected chi connectivity index (χ0v) is 6.81. The lowest BCUT2D eigenvalue weighted by molar-refractivity contribution is -0.248. The summed E-state index contributed by atoms with van der Waals surface area (Å²) in [7, 11) is 0. The van der Waals surface area contributed by atoms with Gasteiger partial charge in [0.2, 0.25) is 0 Å². The number of hydrogen-bond acceptors (Lipinski definition) is 2. The summed E-state index contributed by atoms with van der Waals surface area (Å²) >= 11 is 0. The zero-order valence-electron chi connectivity index (χ0n) is 6.81. The Bertz CT molecular complexity index is 182. The van der Waals surface area contributed by atoms with E-state index in [0.717, 1.165) is 0 Å². The highest BCUT2D eigenvalue weighted by Gasteiger charge is 2.49. The Balaban J connectivity index is 4.34. The largest absolute Gasteiger partial charge is 0.418 e. The van der Waals surface area contributed by atoms with Crippen LogP contribution in [-0.2, 0) is 0 Å². The van der Waals surface area contributed by atoms with Crippen molar-refractivity contribution < 1.29 is 18.3 Å². The summed E-state index contributed by atoms with van der Waals surface area (Å²) in [4.78, 5) is 3.29. The van der Waals surface area contributed by atoms with Crippen molar-refractivity contribution in [3.05, 3.63) is 0 Å². The molecule has 0 aliphatic carbocycles. The molecule has 12 heavy (non-hydrogen) atoms.